The van der Waals surface area contributed by atoms with Gasteiger partial charge in [-0.3, -0.25) is 0 Å². The number of nitrogens with two attached hydrogens (primary N) is 1. The van der Waals surface area contributed by atoms with Crippen LogP contribution in [0.15, 0.2) is 18.2 Å². The molecule has 4 nitrogen and oxygen atoms in total. The van der Waals surface area contributed by atoms with E-state index in [9.17, 15) is 4.79 Å². The van der Waals surface area contributed by atoms with E-state index in [2.05, 4.69) is 0 Å². The van der Waals surface area contributed by atoms with Crippen LogP contribution in [0.2, 0.25) is 0 Å². The van der Waals surface area contributed by atoms with Crippen molar-refractivity contribution in [1.29, 1.82) is 0 Å². The van der Waals surface area contributed by atoms with Crippen molar-refractivity contribution < 1.29 is 15.0 Å². The second kappa shape index (κ2) is 4.21. The van der Waals surface area contributed by atoms with Crippen molar-refractivity contribution in [2.75, 3.05) is 6.61 Å². The van der Waals surface area contributed by atoms with Gasteiger partial charge < -0.3 is 15.9 Å². The zero-order valence-electron chi connectivity index (χ0n) is 7.90. The van der Waals surface area contributed by atoms with Crippen LogP contribution in [-0.2, 0) is 0 Å². The molecule has 1 rings (SSSR count). The molecule has 1 aromatic rings. The topological polar surface area (TPSA) is 83.5 Å². The molecule has 0 saturated heterocycles. The van der Waals surface area contributed by atoms with E-state index < -0.39 is 12.0 Å². The second-order valence-corrected chi connectivity index (χ2v) is 3.17. The van der Waals surface area contributed by atoms with Crippen molar-refractivity contribution in [1.82, 2.24) is 0 Å². The number of aliphatic hydroxyl groups is 1. The molecule has 0 heterocycles. The number of carboxylic acid groups (broad SMARTS) is 1. The molecular weight excluding hydrogens is 182 g/mol. The Kier molecular flexibility index (Phi) is 3.22. The number of hydrogen-bond donors (Lipinski definition) is 3. The summed E-state index contributed by atoms with van der Waals surface area (Å²) in [5.41, 5.74) is 7.42. The summed E-state index contributed by atoms with van der Waals surface area (Å²) in [6, 6.07) is 4.23. The highest BCUT2D eigenvalue weighted by Gasteiger charge is 2.10. The van der Waals surface area contributed by atoms with E-state index in [1.54, 1.807) is 19.1 Å². The predicted octanol–water partition coefficient (Wildman–Crippen LogP) is 0.685. The molecule has 0 aliphatic carbocycles. The number of benzene rings is 1. The SMILES string of the molecule is Cc1cc(C(=O)O)ccc1[C@H](N)CO. The van der Waals surface area contributed by atoms with Crippen LogP contribution in [0.1, 0.15) is 27.5 Å². The van der Waals surface area contributed by atoms with Gasteiger partial charge in [0.15, 0.2) is 0 Å². The molecule has 0 unspecified atom stereocenters. The summed E-state index contributed by atoms with van der Waals surface area (Å²) in [5.74, 6) is -0.961. The average molecular weight is 195 g/mol. The Morgan fingerprint density at radius 2 is 2.21 bits per heavy atom. The summed E-state index contributed by atoms with van der Waals surface area (Å²) in [6.07, 6.45) is 0. The molecule has 0 saturated carbocycles. The maximum Gasteiger partial charge on any atom is 0.335 e. The number of rotatable bonds is 3. The minimum Gasteiger partial charge on any atom is -0.478 e. The van der Waals surface area contributed by atoms with Gasteiger partial charge in [0.25, 0.3) is 0 Å². The first-order valence-electron chi connectivity index (χ1n) is 4.26. The summed E-state index contributed by atoms with van der Waals surface area (Å²) >= 11 is 0. The fourth-order valence-electron chi connectivity index (χ4n) is 1.32. The molecule has 0 aromatic heterocycles. The van der Waals surface area contributed by atoms with Gasteiger partial charge in [0.05, 0.1) is 18.2 Å². The lowest BCUT2D eigenvalue weighted by Gasteiger charge is -2.12. The van der Waals surface area contributed by atoms with Crippen molar-refractivity contribution in [2.45, 2.75) is 13.0 Å². The van der Waals surface area contributed by atoms with Crippen LogP contribution < -0.4 is 5.73 Å². The highest BCUT2D eigenvalue weighted by atomic mass is 16.4. The molecule has 76 valence electrons. The molecule has 1 atom stereocenters. The maximum absolute atomic E-state index is 10.6. The Morgan fingerprint density at radius 1 is 1.57 bits per heavy atom. The third-order valence-electron chi connectivity index (χ3n) is 2.11. The molecule has 4 heteroatoms. The molecule has 0 bridgehead atoms. The van der Waals surface area contributed by atoms with Crippen molar-refractivity contribution >= 4 is 5.97 Å². The van der Waals surface area contributed by atoms with E-state index in [0.717, 1.165) is 11.1 Å². The Balaban J connectivity index is 3.07. The molecule has 0 aliphatic heterocycles. The van der Waals surface area contributed by atoms with Gasteiger partial charge >= 0.3 is 5.97 Å². The minimum atomic E-state index is -0.961. The normalized spacial score (nSPS) is 12.5. The van der Waals surface area contributed by atoms with Gasteiger partial charge in [-0.1, -0.05) is 6.07 Å². The number of carboxylic acids is 1. The van der Waals surface area contributed by atoms with E-state index in [4.69, 9.17) is 15.9 Å². The summed E-state index contributed by atoms with van der Waals surface area (Å²) in [4.78, 5) is 10.6. The van der Waals surface area contributed by atoms with E-state index >= 15 is 0 Å². The number of aliphatic hydroxyl groups excluding tert-OH is 1. The van der Waals surface area contributed by atoms with E-state index in [1.165, 1.54) is 6.07 Å². The van der Waals surface area contributed by atoms with Crippen LogP contribution in [0.5, 0.6) is 0 Å². The predicted molar refractivity (Wildman–Crippen MR) is 52.2 cm³/mol. The molecule has 4 N–H and O–H groups in total. The van der Waals surface area contributed by atoms with Gasteiger partial charge in [0, 0.05) is 0 Å². The van der Waals surface area contributed by atoms with Crippen molar-refractivity contribution in [3.63, 3.8) is 0 Å². The van der Waals surface area contributed by atoms with Crippen LogP contribution in [0.25, 0.3) is 0 Å². The van der Waals surface area contributed by atoms with E-state index in [-0.39, 0.29) is 12.2 Å². The van der Waals surface area contributed by atoms with Crippen LogP contribution in [0, 0.1) is 6.92 Å². The monoisotopic (exact) mass is 195 g/mol. The van der Waals surface area contributed by atoms with E-state index in [0.29, 0.717) is 0 Å². The highest BCUT2D eigenvalue weighted by Crippen LogP contribution is 2.16. The largest absolute Gasteiger partial charge is 0.478 e. The van der Waals surface area contributed by atoms with Gasteiger partial charge in [-0.15, -0.1) is 0 Å². The summed E-state index contributed by atoms with van der Waals surface area (Å²) in [6.45, 7) is 1.63. The fraction of sp³-hybridized carbons (Fsp3) is 0.300. The van der Waals surface area contributed by atoms with Crippen LogP contribution >= 0.6 is 0 Å². The summed E-state index contributed by atoms with van der Waals surface area (Å²) < 4.78 is 0. The Bertz CT molecular complexity index is 349. The van der Waals surface area contributed by atoms with Crippen LogP contribution in [-0.4, -0.2) is 22.8 Å². The molecule has 0 amide bonds. The van der Waals surface area contributed by atoms with Gasteiger partial charge in [-0.05, 0) is 30.2 Å². The maximum atomic E-state index is 10.6. The molecule has 0 fully saturated rings. The third-order valence-corrected chi connectivity index (χ3v) is 2.11. The number of hydrogen-bond acceptors (Lipinski definition) is 3. The first-order chi connectivity index (χ1) is 6.56. The van der Waals surface area contributed by atoms with Crippen LogP contribution in [0.3, 0.4) is 0 Å². The van der Waals surface area contributed by atoms with Gasteiger partial charge in [-0.25, -0.2) is 4.79 Å². The van der Waals surface area contributed by atoms with Crippen molar-refractivity contribution in [3.05, 3.63) is 34.9 Å². The minimum absolute atomic E-state index is 0.146. The number of aryl methyl sites for hydroxylation is 1. The number of aromatic carboxylic acids is 1. The van der Waals surface area contributed by atoms with Crippen molar-refractivity contribution in [2.24, 2.45) is 5.73 Å². The zero-order valence-corrected chi connectivity index (χ0v) is 7.90. The van der Waals surface area contributed by atoms with Crippen LogP contribution in [0.4, 0.5) is 0 Å². The zero-order chi connectivity index (χ0) is 10.7. The third kappa shape index (κ3) is 2.10. The quantitative estimate of drug-likeness (QED) is 0.662. The molecule has 14 heavy (non-hydrogen) atoms. The summed E-state index contributed by atoms with van der Waals surface area (Å²) in [5, 5.41) is 17.6. The van der Waals surface area contributed by atoms with Gasteiger partial charge in [-0.2, -0.15) is 0 Å². The van der Waals surface area contributed by atoms with Gasteiger partial charge in [0.1, 0.15) is 0 Å². The first kappa shape index (κ1) is 10.7. The van der Waals surface area contributed by atoms with E-state index in [1.807, 2.05) is 0 Å². The smallest absolute Gasteiger partial charge is 0.335 e. The molecular formula is C10H13NO3. The lowest BCUT2D eigenvalue weighted by molar-refractivity contribution is 0.0697. The second-order valence-electron chi connectivity index (χ2n) is 3.17. The average Bonchev–Trinajstić information content (AvgIpc) is 2.16. The first-order valence-corrected chi connectivity index (χ1v) is 4.26. The lowest BCUT2D eigenvalue weighted by Crippen LogP contribution is -2.16. The standard InChI is InChI=1S/C10H13NO3/c1-6-4-7(10(13)14)2-3-8(6)9(11)5-12/h2-4,9,12H,5,11H2,1H3,(H,13,14)/t9-/m1/s1. The molecule has 0 aliphatic rings. The molecule has 0 radical (unpaired) electrons. The van der Waals surface area contributed by atoms with Crippen molar-refractivity contribution in [3.8, 4) is 0 Å². The highest BCUT2D eigenvalue weighted by molar-refractivity contribution is 5.87. The Morgan fingerprint density at radius 3 is 2.64 bits per heavy atom. The Hall–Kier alpha value is -1.39. The Labute approximate surface area is 82.0 Å². The molecule has 1 aromatic carbocycles. The lowest BCUT2D eigenvalue weighted by atomic mass is 10.00. The summed E-state index contributed by atoms with van der Waals surface area (Å²) in [7, 11) is 0. The number of carbonyl (C=O) groups is 1. The van der Waals surface area contributed by atoms with Gasteiger partial charge in [0.2, 0.25) is 0 Å². The fourth-order valence-corrected chi connectivity index (χ4v) is 1.32. The molecule has 0 spiro atoms.